The number of aliphatic hydroxyl groups excluding tert-OH is 1. The van der Waals surface area contributed by atoms with Gasteiger partial charge in [-0.2, -0.15) is 5.26 Å². The zero-order valence-corrected chi connectivity index (χ0v) is 19.8. The van der Waals surface area contributed by atoms with Crippen molar-refractivity contribution in [1.82, 2.24) is 14.4 Å². The third-order valence-electron chi connectivity index (χ3n) is 6.84. The number of fused-ring (bicyclic) bond motifs is 3. The molecule has 2 aromatic heterocycles. The van der Waals surface area contributed by atoms with Crippen LogP contribution >= 0.6 is 0 Å². The maximum absolute atomic E-state index is 14.0. The quantitative estimate of drug-likeness (QED) is 0.408. The number of halogens is 1. The van der Waals surface area contributed by atoms with Crippen LogP contribution < -0.4 is 9.47 Å². The van der Waals surface area contributed by atoms with E-state index < -0.39 is 11.9 Å². The van der Waals surface area contributed by atoms with E-state index in [0.29, 0.717) is 51.2 Å². The lowest BCUT2D eigenvalue weighted by Gasteiger charge is -2.17. The molecule has 1 aliphatic heterocycles. The van der Waals surface area contributed by atoms with Gasteiger partial charge in [-0.25, -0.2) is 14.4 Å². The van der Waals surface area contributed by atoms with E-state index in [1.54, 1.807) is 32.5 Å². The molecule has 7 nitrogen and oxygen atoms in total. The van der Waals surface area contributed by atoms with Crippen molar-refractivity contribution in [3.8, 4) is 17.7 Å². The van der Waals surface area contributed by atoms with Gasteiger partial charge < -0.3 is 14.6 Å². The lowest BCUT2D eigenvalue weighted by molar-refractivity contribution is 0.212. The molecule has 0 saturated heterocycles. The van der Waals surface area contributed by atoms with Gasteiger partial charge in [-0.15, -0.1) is 0 Å². The largest absolute Gasteiger partial charge is 0.488 e. The molecule has 180 valence electrons. The minimum atomic E-state index is -0.958. The number of benzene rings is 2. The molecule has 1 unspecified atom stereocenters. The van der Waals surface area contributed by atoms with Gasteiger partial charge in [-0.1, -0.05) is 12.1 Å². The normalized spacial score (nSPS) is 16.9. The summed E-state index contributed by atoms with van der Waals surface area (Å²) in [5.74, 6) is 0.672. The van der Waals surface area contributed by atoms with Crippen molar-refractivity contribution in [2.75, 3.05) is 7.11 Å². The van der Waals surface area contributed by atoms with E-state index in [2.05, 4.69) is 11.1 Å². The van der Waals surface area contributed by atoms with E-state index >= 15 is 0 Å². The first kappa shape index (κ1) is 22.3. The molecule has 1 N–H and O–H groups in total. The topological polar surface area (TPSA) is 92.7 Å². The number of methoxy groups -OCH3 is 1. The van der Waals surface area contributed by atoms with Gasteiger partial charge in [0.05, 0.1) is 24.6 Å². The first-order valence-electron chi connectivity index (χ1n) is 11.8. The Morgan fingerprint density at radius 2 is 2.06 bits per heavy atom. The number of nitrogens with zero attached hydrogens (tertiary/aromatic N) is 4. The van der Waals surface area contributed by atoms with Crippen LogP contribution in [0.25, 0.3) is 11.2 Å². The van der Waals surface area contributed by atoms with Crippen molar-refractivity contribution < 1.29 is 19.0 Å². The molecule has 0 spiro atoms. The Balaban J connectivity index is 1.49. The molecule has 0 amide bonds. The number of nitriles is 1. The Morgan fingerprint density at radius 1 is 1.25 bits per heavy atom. The summed E-state index contributed by atoms with van der Waals surface area (Å²) in [6.07, 6.45) is 4.50. The summed E-state index contributed by atoms with van der Waals surface area (Å²) in [4.78, 5) is 9.04. The van der Waals surface area contributed by atoms with Gasteiger partial charge in [0.25, 0.3) is 5.88 Å². The van der Waals surface area contributed by atoms with Crippen LogP contribution in [0.5, 0.6) is 11.6 Å². The Kier molecular flexibility index (Phi) is 5.23. The Morgan fingerprint density at radius 3 is 2.81 bits per heavy atom. The van der Waals surface area contributed by atoms with Gasteiger partial charge in [-0.05, 0) is 54.7 Å². The van der Waals surface area contributed by atoms with Gasteiger partial charge in [-0.3, -0.25) is 4.40 Å². The second-order valence-corrected chi connectivity index (χ2v) is 9.15. The van der Waals surface area contributed by atoms with Crippen LogP contribution in [0.4, 0.5) is 4.39 Å². The number of allylic oxidation sites excluding steroid dienone is 1. The molecule has 3 heterocycles. The number of aromatic nitrogens is 3. The molecular weight excluding hydrogens is 459 g/mol. The zero-order chi connectivity index (χ0) is 25.0. The lowest BCUT2D eigenvalue weighted by atomic mass is 9.89. The van der Waals surface area contributed by atoms with Gasteiger partial charge in [0, 0.05) is 41.1 Å². The molecule has 0 radical (unpaired) electrons. The van der Waals surface area contributed by atoms with Crippen molar-refractivity contribution in [3.63, 3.8) is 0 Å². The summed E-state index contributed by atoms with van der Waals surface area (Å²) in [6, 6.07) is 12.2. The number of rotatable bonds is 4. The Hall–Kier alpha value is -4.22. The van der Waals surface area contributed by atoms with Crippen LogP contribution in [-0.2, 0) is 6.61 Å². The fourth-order valence-corrected chi connectivity index (χ4v) is 4.95. The van der Waals surface area contributed by atoms with Crippen LogP contribution in [0.15, 0.2) is 54.4 Å². The summed E-state index contributed by atoms with van der Waals surface area (Å²) < 4.78 is 27.2. The molecule has 0 bridgehead atoms. The standard InChI is InChI=1S/C28H23FN4O3/c1-15(13-30)23-20-7-5-17(11-18(20)14-36-22-12-19(29)6-8-21(22)23)26(34)25-24(16-3-4-16)32-27-28(35-2)31-9-10-33(25)27/h5-12,16,26,34H,3-4,14H2,1-2H3. The summed E-state index contributed by atoms with van der Waals surface area (Å²) in [5.41, 5.74) is 6.27. The molecule has 4 aromatic rings. The van der Waals surface area contributed by atoms with Crippen LogP contribution in [-0.4, -0.2) is 26.6 Å². The van der Waals surface area contributed by atoms with Crippen LogP contribution in [0.3, 0.4) is 0 Å². The van der Waals surface area contributed by atoms with Crippen molar-refractivity contribution in [2.45, 2.75) is 38.4 Å². The average Bonchev–Trinajstić information content (AvgIpc) is 3.69. The predicted octanol–water partition coefficient (Wildman–Crippen LogP) is 5.07. The summed E-state index contributed by atoms with van der Waals surface area (Å²) >= 11 is 0. The molecular formula is C28H23FN4O3. The number of hydrogen-bond acceptors (Lipinski definition) is 6. The highest BCUT2D eigenvalue weighted by atomic mass is 19.1. The molecule has 1 fully saturated rings. The van der Waals surface area contributed by atoms with Gasteiger partial charge >= 0.3 is 0 Å². The minimum Gasteiger partial charge on any atom is -0.488 e. The van der Waals surface area contributed by atoms with E-state index in [1.807, 2.05) is 22.6 Å². The zero-order valence-electron chi connectivity index (χ0n) is 19.8. The van der Waals surface area contributed by atoms with Crippen LogP contribution in [0, 0.1) is 17.1 Å². The maximum atomic E-state index is 14.0. The average molecular weight is 483 g/mol. The smallest absolute Gasteiger partial charge is 0.258 e. The molecule has 8 heteroatoms. The second-order valence-electron chi connectivity index (χ2n) is 9.15. The third-order valence-corrected chi connectivity index (χ3v) is 6.84. The maximum Gasteiger partial charge on any atom is 0.258 e. The molecule has 1 aliphatic carbocycles. The molecule has 2 aliphatic rings. The highest BCUT2D eigenvalue weighted by molar-refractivity contribution is 5.88. The fourth-order valence-electron chi connectivity index (χ4n) is 4.95. The van der Waals surface area contributed by atoms with Gasteiger partial charge in [0.1, 0.15) is 24.3 Å². The predicted molar refractivity (Wildman–Crippen MR) is 130 cm³/mol. The number of hydrogen-bond donors (Lipinski definition) is 1. The highest BCUT2D eigenvalue weighted by Crippen LogP contribution is 2.45. The molecule has 6 rings (SSSR count). The number of imidazole rings is 1. The van der Waals surface area contributed by atoms with Crippen molar-refractivity contribution >= 4 is 11.2 Å². The fraction of sp³-hybridized carbons (Fsp3) is 0.250. The lowest BCUT2D eigenvalue weighted by Crippen LogP contribution is -2.08. The van der Waals surface area contributed by atoms with E-state index in [4.69, 9.17) is 14.5 Å². The summed E-state index contributed by atoms with van der Waals surface area (Å²) in [7, 11) is 1.55. The van der Waals surface area contributed by atoms with E-state index in [1.165, 1.54) is 12.1 Å². The van der Waals surface area contributed by atoms with Crippen molar-refractivity contribution in [1.29, 1.82) is 5.26 Å². The Labute approximate surface area is 207 Å². The first-order chi connectivity index (χ1) is 17.5. The van der Waals surface area contributed by atoms with E-state index in [0.717, 1.165) is 29.7 Å². The number of ether oxygens (including phenoxy) is 2. The monoisotopic (exact) mass is 482 g/mol. The first-order valence-corrected chi connectivity index (χ1v) is 11.8. The Bertz CT molecular complexity index is 1600. The van der Waals surface area contributed by atoms with Crippen molar-refractivity contribution in [2.24, 2.45) is 0 Å². The van der Waals surface area contributed by atoms with Crippen molar-refractivity contribution in [3.05, 3.63) is 93.8 Å². The SMILES string of the molecule is COc1nccn2c(C(O)c3ccc4c(c3)COc3cc(F)ccc3C4=C(C)C#N)c(C3CC3)nc12. The van der Waals surface area contributed by atoms with E-state index in [9.17, 15) is 14.8 Å². The van der Waals surface area contributed by atoms with Crippen LogP contribution in [0.2, 0.25) is 0 Å². The van der Waals surface area contributed by atoms with Gasteiger partial charge in [0.15, 0.2) is 0 Å². The van der Waals surface area contributed by atoms with Gasteiger partial charge in [0.2, 0.25) is 5.65 Å². The van der Waals surface area contributed by atoms with E-state index in [-0.39, 0.29) is 6.61 Å². The third kappa shape index (κ3) is 3.51. The molecule has 1 saturated carbocycles. The molecule has 36 heavy (non-hydrogen) atoms. The summed E-state index contributed by atoms with van der Waals surface area (Å²) in [6.45, 7) is 1.91. The van der Waals surface area contributed by atoms with Crippen LogP contribution in [0.1, 0.15) is 65.4 Å². The highest BCUT2D eigenvalue weighted by Gasteiger charge is 2.34. The minimum absolute atomic E-state index is 0.176. The second kappa shape index (κ2) is 8.47. The summed E-state index contributed by atoms with van der Waals surface area (Å²) in [5, 5.41) is 21.3. The molecule has 2 aromatic carbocycles. The number of aliphatic hydroxyl groups is 1. The molecule has 1 atom stereocenters.